The van der Waals surface area contributed by atoms with Gasteiger partial charge in [0.15, 0.2) is 0 Å². The second-order valence-corrected chi connectivity index (χ2v) is 6.14. The van der Waals surface area contributed by atoms with Gasteiger partial charge in [-0.15, -0.1) is 11.3 Å². The molecule has 0 bridgehead atoms. The van der Waals surface area contributed by atoms with Crippen molar-refractivity contribution in [2.75, 3.05) is 13.1 Å². The van der Waals surface area contributed by atoms with E-state index < -0.39 is 0 Å². The lowest BCUT2D eigenvalue weighted by atomic mass is 10.2. The van der Waals surface area contributed by atoms with Gasteiger partial charge in [0.05, 0.1) is 11.6 Å². The van der Waals surface area contributed by atoms with Gasteiger partial charge in [-0.2, -0.15) is 0 Å². The second kappa shape index (κ2) is 7.96. The van der Waals surface area contributed by atoms with Crippen LogP contribution in [0, 0.1) is 0 Å². The van der Waals surface area contributed by atoms with Crippen LogP contribution in [-0.2, 0) is 9.59 Å². The molecule has 0 unspecified atom stereocenters. The summed E-state index contributed by atoms with van der Waals surface area (Å²) in [5, 5.41) is 6.85. The minimum absolute atomic E-state index is 0.0245. The van der Waals surface area contributed by atoms with E-state index in [1.165, 1.54) is 17.4 Å². The zero-order chi connectivity index (χ0) is 15.9. The molecule has 1 aromatic carbocycles. The van der Waals surface area contributed by atoms with Crippen LogP contribution in [0.3, 0.4) is 0 Å². The molecule has 0 aliphatic carbocycles. The van der Waals surface area contributed by atoms with Crippen molar-refractivity contribution < 1.29 is 9.59 Å². The van der Waals surface area contributed by atoms with Crippen molar-refractivity contribution in [3.63, 3.8) is 0 Å². The average Bonchev–Trinajstić information content (AvgIpc) is 2.85. The summed E-state index contributed by atoms with van der Waals surface area (Å²) in [6, 6.07) is 7.81. The maximum absolute atomic E-state index is 11.7. The molecule has 0 aliphatic heterocycles. The Kier molecular flexibility index (Phi) is 5.98. The summed E-state index contributed by atoms with van der Waals surface area (Å²) in [4.78, 5) is 23.9. The van der Waals surface area contributed by atoms with Crippen LogP contribution in [0.5, 0.6) is 0 Å². The molecule has 1 heterocycles. The first-order valence-electron chi connectivity index (χ1n) is 7.01. The van der Waals surface area contributed by atoms with E-state index in [1.807, 2.05) is 31.2 Å². The summed E-state index contributed by atoms with van der Waals surface area (Å²) in [5.41, 5.74) is 0. The maximum Gasteiger partial charge on any atom is 0.244 e. The number of nitrogens with one attached hydrogen (secondary N) is 2. The highest BCUT2D eigenvalue weighted by Gasteiger charge is 2.08. The number of amides is 2. The fourth-order valence-corrected chi connectivity index (χ4v) is 3.24. The first-order valence-corrected chi connectivity index (χ1v) is 8.21. The quantitative estimate of drug-likeness (QED) is 0.796. The van der Waals surface area contributed by atoms with Gasteiger partial charge in [0, 0.05) is 27.6 Å². The van der Waals surface area contributed by atoms with E-state index in [0.717, 1.165) is 21.4 Å². The third-order valence-electron chi connectivity index (χ3n) is 2.94. The molecular formula is C16H17ClN2O2S. The number of fused-ring (bicyclic) bond motifs is 1. The van der Waals surface area contributed by atoms with E-state index in [4.69, 9.17) is 11.6 Å². The molecule has 2 rings (SSSR count). The zero-order valence-corrected chi connectivity index (χ0v) is 13.8. The van der Waals surface area contributed by atoms with Gasteiger partial charge in [-0.25, -0.2) is 0 Å². The van der Waals surface area contributed by atoms with Gasteiger partial charge < -0.3 is 10.6 Å². The Morgan fingerprint density at radius 1 is 1.27 bits per heavy atom. The van der Waals surface area contributed by atoms with Crippen molar-refractivity contribution in [3.8, 4) is 0 Å². The summed E-state index contributed by atoms with van der Waals surface area (Å²) in [6.45, 7) is 2.56. The molecule has 2 aromatic rings. The first kappa shape index (κ1) is 16.5. The van der Waals surface area contributed by atoms with Crippen LogP contribution in [0.2, 0.25) is 5.02 Å². The van der Waals surface area contributed by atoms with Gasteiger partial charge in [-0.1, -0.05) is 36.7 Å². The molecule has 0 atom stereocenters. The highest BCUT2D eigenvalue weighted by molar-refractivity contribution is 7.20. The molecule has 2 N–H and O–H groups in total. The minimum Gasteiger partial charge on any atom is -0.355 e. The molecule has 6 heteroatoms. The van der Waals surface area contributed by atoms with E-state index in [0.29, 0.717) is 11.6 Å². The fourth-order valence-electron chi connectivity index (χ4n) is 1.84. The van der Waals surface area contributed by atoms with E-state index >= 15 is 0 Å². The van der Waals surface area contributed by atoms with E-state index in [2.05, 4.69) is 10.6 Å². The standard InChI is InChI=1S/C16H17ClN2O2S/c1-2-9-18-15(21)10-19-14(20)8-7-13-16(17)11-5-3-4-6-12(11)22-13/h3-8H,2,9-10H2,1H3,(H,18,21)(H,19,20)/b8-7+. The molecule has 22 heavy (non-hydrogen) atoms. The van der Waals surface area contributed by atoms with Crippen LogP contribution in [-0.4, -0.2) is 24.9 Å². The minimum atomic E-state index is -0.319. The number of thiophene rings is 1. The Morgan fingerprint density at radius 3 is 2.77 bits per heavy atom. The van der Waals surface area contributed by atoms with Crippen LogP contribution in [0.4, 0.5) is 0 Å². The number of rotatable bonds is 6. The van der Waals surface area contributed by atoms with Crippen LogP contribution < -0.4 is 10.6 Å². The van der Waals surface area contributed by atoms with Crippen molar-refractivity contribution in [2.24, 2.45) is 0 Å². The first-order chi connectivity index (χ1) is 10.6. The summed E-state index contributed by atoms with van der Waals surface area (Å²) >= 11 is 7.81. The topological polar surface area (TPSA) is 58.2 Å². The number of benzene rings is 1. The van der Waals surface area contributed by atoms with E-state index in [1.54, 1.807) is 6.08 Å². The van der Waals surface area contributed by atoms with Crippen LogP contribution >= 0.6 is 22.9 Å². The monoisotopic (exact) mass is 336 g/mol. The Bertz CT molecular complexity index is 709. The highest BCUT2D eigenvalue weighted by Crippen LogP contribution is 2.35. The SMILES string of the molecule is CCCNC(=O)CNC(=O)/C=C/c1sc2ccccc2c1Cl. The normalized spacial score (nSPS) is 11.0. The third kappa shape index (κ3) is 4.32. The molecule has 1 aromatic heterocycles. The number of carbonyl (C=O) groups excluding carboxylic acids is 2. The molecule has 4 nitrogen and oxygen atoms in total. The molecule has 0 aliphatic rings. The number of halogens is 1. The summed E-state index contributed by atoms with van der Waals surface area (Å²) < 4.78 is 1.08. The van der Waals surface area contributed by atoms with Crippen molar-refractivity contribution in [1.82, 2.24) is 10.6 Å². The smallest absolute Gasteiger partial charge is 0.244 e. The van der Waals surface area contributed by atoms with Gasteiger partial charge in [0.1, 0.15) is 0 Å². The molecule has 0 radical (unpaired) electrons. The molecule has 0 saturated heterocycles. The van der Waals surface area contributed by atoms with Gasteiger partial charge in [0.25, 0.3) is 0 Å². The van der Waals surface area contributed by atoms with Crippen molar-refractivity contribution in [2.45, 2.75) is 13.3 Å². The van der Waals surface area contributed by atoms with Gasteiger partial charge in [-0.05, 0) is 18.6 Å². The molecule has 0 spiro atoms. The number of hydrogen-bond donors (Lipinski definition) is 2. The van der Waals surface area contributed by atoms with Crippen LogP contribution in [0.25, 0.3) is 16.2 Å². The van der Waals surface area contributed by atoms with Crippen molar-refractivity contribution in [3.05, 3.63) is 40.2 Å². The van der Waals surface area contributed by atoms with Gasteiger partial charge in [0.2, 0.25) is 11.8 Å². The molecule has 2 amide bonds. The largest absolute Gasteiger partial charge is 0.355 e. The molecule has 0 fully saturated rings. The van der Waals surface area contributed by atoms with Crippen molar-refractivity contribution >= 4 is 50.9 Å². The predicted molar refractivity (Wildman–Crippen MR) is 92.2 cm³/mol. The maximum atomic E-state index is 11.7. The Labute approximate surface area is 138 Å². The Morgan fingerprint density at radius 2 is 2.05 bits per heavy atom. The van der Waals surface area contributed by atoms with E-state index in [9.17, 15) is 9.59 Å². The molecule has 0 saturated carbocycles. The molecule has 116 valence electrons. The summed E-state index contributed by atoms with van der Waals surface area (Å²) in [5.74, 6) is -0.510. The number of hydrogen-bond acceptors (Lipinski definition) is 3. The lowest BCUT2D eigenvalue weighted by Crippen LogP contribution is -2.36. The molecular weight excluding hydrogens is 320 g/mol. The summed E-state index contributed by atoms with van der Waals surface area (Å²) in [6.07, 6.45) is 3.93. The Hall–Kier alpha value is -1.85. The highest BCUT2D eigenvalue weighted by atomic mass is 35.5. The average molecular weight is 337 g/mol. The lowest BCUT2D eigenvalue weighted by Gasteiger charge is -2.03. The number of carbonyl (C=O) groups is 2. The summed E-state index contributed by atoms with van der Waals surface area (Å²) in [7, 11) is 0. The Balaban J connectivity index is 1.94. The van der Waals surface area contributed by atoms with Gasteiger partial charge in [-0.3, -0.25) is 9.59 Å². The predicted octanol–water partition coefficient (Wildman–Crippen LogP) is 3.21. The van der Waals surface area contributed by atoms with Crippen LogP contribution in [0.15, 0.2) is 30.3 Å². The van der Waals surface area contributed by atoms with Gasteiger partial charge >= 0.3 is 0 Å². The zero-order valence-electron chi connectivity index (χ0n) is 12.2. The van der Waals surface area contributed by atoms with Crippen LogP contribution in [0.1, 0.15) is 18.2 Å². The lowest BCUT2D eigenvalue weighted by molar-refractivity contribution is -0.123. The fraction of sp³-hybridized carbons (Fsp3) is 0.250. The van der Waals surface area contributed by atoms with Crippen molar-refractivity contribution in [1.29, 1.82) is 0 Å². The second-order valence-electron chi connectivity index (χ2n) is 4.68. The van der Waals surface area contributed by atoms with E-state index in [-0.39, 0.29) is 18.4 Å². The third-order valence-corrected chi connectivity index (χ3v) is 4.60.